The number of nitrogens with zero attached hydrogens (tertiary/aromatic N) is 1. The summed E-state index contributed by atoms with van der Waals surface area (Å²) in [5, 5.41) is 0. The van der Waals surface area contributed by atoms with Crippen LogP contribution in [0, 0.1) is 0 Å². The molecule has 0 aromatic heterocycles. The molecule has 0 heterocycles. The molecule has 0 spiro atoms. The Kier molecular flexibility index (Phi) is 5.82. The van der Waals surface area contributed by atoms with Crippen molar-refractivity contribution >= 4 is 17.1 Å². The van der Waals surface area contributed by atoms with Crippen molar-refractivity contribution in [1.82, 2.24) is 0 Å². The minimum absolute atomic E-state index is 0.165. The van der Waals surface area contributed by atoms with Crippen LogP contribution in [0.2, 0.25) is 0 Å². The molecule has 0 saturated heterocycles. The van der Waals surface area contributed by atoms with E-state index in [1.54, 1.807) is 27.7 Å². The maximum atomic E-state index is 12.0. The van der Waals surface area contributed by atoms with E-state index in [-0.39, 0.29) is 6.42 Å². The Balaban J connectivity index is 4.44. The molecule has 2 nitrogen and oxygen atoms in total. The van der Waals surface area contributed by atoms with Gasteiger partial charge in [0.25, 0.3) is 0 Å². The van der Waals surface area contributed by atoms with Crippen molar-refractivity contribution in [3.63, 3.8) is 0 Å². The van der Waals surface area contributed by atoms with Crippen molar-refractivity contribution in [1.29, 1.82) is 0 Å². The molecular formula is C10H18F3NOS. The Hall–Kier alpha value is -0.230. The van der Waals surface area contributed by atoms with Gasteiger partial charge in [0.15, 0.2) is 0 Å². The average Bonchev–Trinajstić information content (AvgIpc) is 2.08. The summed E-state index contributed by atoms with van der Waals surface area (Å²) >= 11 is -1.47. The van der Waals surface area contributed by atoms with Crippen molar-refractivity contribution in [2.24, 2.45) is 4.40 Å². The molecule has 0 aliphatic heterocycles. The van der Waals surface area contributed by atoms with E-state index in [0.717, 1.165) is 0 Å². The number of halogens is 3. The fourth-order valence-electron chi connectivity index (χ4n) is 0.827. The third-order valence-electron chi connectivity index (χ3n) is 1.84. The molecule has 1 unspecified atom stereocenters. The highest BCUT2D eigenvalue weighted by atomic mass is 32.2. The lowest BCUT2D eigenvalue weighted by atomic mass is 10.2. The van der Waals surface area contributed by atoms with Gasteiger partial charge in [0, 0.05) is 6.42 Å². The summed E-state index contributed by atoms with van der Waals surface area (Å²) in [6.45, 7) is 6.94. The van der Waals surface area contributed by atoms with Crippen LogP contribution >= 0.6 is 0 Å². The number of hydrogen-bond acceptors (Lipinski definition) is 2. The third-order valence-corrected chi connectivity index (χ3v) is 3.31. The highest BCUT2D eigenvalue weighted by Gasteiger charge is 2.29. The van der Waals surface area contributed by atoms with E-state index >= 15 is 0 Å². The summed E-state index contributed by atoms with van der Waals surface area (Å²) in [6.07, 6.45) is -4.85. The van der Waals surface area contributed by atoms with Crippen molar-refractivity contribution in [3.05, 3.63) is 0 Å². The summed E-state index contributed by atoms with van der Waals surface area (Å²) in [7, 11) is 0. The van der Waals surface area contributed by atoms with Gasteiger partial charge in [-0.25, -0.2) is 0 Å². The molecule has 1 atom stereocenters. The van der Waals surface area contributed by atoms with Crippen molar-refractivity contribution in [2.45, 2.75) is 57.9 Å². The van der Waals surface area contributed by atoms with Gasteiger partial charge in [0.1, 0.15) is 16.1 Å². The van der Waals surface area contributed by atoms with Gasteiger partial charge < -0.3 is 4.55 Å². The largest absolute Gasteiger partial charge is 0.591 e. The number of hydrogen-bond donors (Lipinski definition) is 0. The topological polar surface area (TPSA) is 35.4 Å². The van der Waals surface area contributed by atoms with Gasteiger partial charge in [-0.05, 0) is 33.6 Å². The van der Waals surface area contributed by atoms with Gasteiger partial charge in [0.2, 0.25) is 0 Å². The fraction of sp³-hybridized carbons (Fsp3) is 0.900. The first kappa shape index (κ1) is 15.8. The monoisotopic (exact) mass is 257 g/mol. The van der Waals surface area contributed by atoms with E-state index in [2.05, 4.69) is 4.40 Å². The second-order valence-electron chi connectivity index (χ2n) is 4.49. The Labute approximate surface area is 97.6 Å². The molecule has 0 amide bonds. The SMILES string of the molecule is CCC(CCC(F)(F)F)=N[S+]([O-])C(C)(C)C. The lowest BCUT2D eigenvalue weighted by molar-refractivity contribution is -0.132. The normalized spacial score (nSPS) is 16.4. The Morgan fingerprint density at radius 3 is 2.06 bits per heavy atom. The number of rotatable bonds is 4. The fourth-order valence-corrected chi connectivity index (χ4v) is 1.56. The van der Waals surface area contributed by atoms with Crippen LogP contribution in [0.4, 0.5) is 13.2 Å². The summed E-state index contributed by atoms with van der Waals surface area (Å²) in [5.74, 6) is 0. The maximum Gasteiger partial charge on any atom is 0.389 e. The molecule has 96 valence electrons. The van der Waals surface area contributed by atoms with Crippen LogP contribution < -0.4 is 0 Å². The van der Waals surface area contributed by atoms with Gasteiger partial charge in [0.05, 0.1) is 5.71 Å². The first-order chi connectivity index (χ1) is 7.06. The quantitative estimate of drug-likeness (QED) is 0.559. The molecule has 0 fully saturated rings. The minimum atomic E-state index is -4.18. The van der Waals surface area contributed by atoms with Gasteiger partial charge >= 0.3 is 6.18 Å². The van der Waals surface area contributed by atoms with Gasteiger partial charge in [-0.15, -0.1) is 0 Å². The van der Waals surface area contributed by atoms with E-state index < -0.39 is 28.7 Å². The molecule has 0 aromatic carbocycles. The Morgan fingerprint density at radius 1 is 1.25 bits per heavy atom. The molecule has 6 heteroatoms. The zero-order valence-electron chi connectivity index (χ0n) is 10.0. The van der Waals surface area contributed by atoms with Gasteiger partial charge in [-0.2, -0.15) is 13.2 Å². The molecule has 0 saturated carbocycles. The van der Waals surface area contributed by atoms with E-state index in [0.29, 0.717) is 12.1 Å². The zero-order valence-corrected chi connectivity index (χ0v) is 10.8. The van der Waals surface area contributed by atoms with Gasteiger partial charge in [-0.3, -0.25) is 0 Å². The maximum absolute atomic E-state index is 12.0. The first-order valence-electron chi connectivity index (χ1n) is 5.11. The first-order valence-corrected chi connectivity index (χ1v) is 6.22. The van der Waals surface area contributed by atoms with Crippen molar-refractivity contribution in [2.75, 3.05) is 0 Å². The predicted octanol–water partition coefficient (Wildman–Crippen LogP) is 3.64. The van der Waals surface area contributed by atoms with Crippen LogP contribution in [-0.4, -0.2) is 21.2 Å². The van der Waals surface area contributed by atoms with E-state index in [4.69, 9.17) is 0 Å². The molecule has 0 aromatic rings. The zero-order chi connectivity index (χ0) is 13.0. The van der Waals surface area contributed by atoms with E-state index in [9.17, 15) is 17.7 Å². The van der Waals surface area contributed by atoms with Crippen LogP contribution in [0.15, 0.2) is 4.40 Å². The lowest BCUT2D eigenvalue weighted by Gasteiger charge is -2.19. The van der Waals surface area contributed by atoms with Crippen LogP contribution in [0.5, 0.6) is 0 Å². The van der Waals surface area contributed by atoms with Crippen molar-refractivity contribution in [3.8, 4) is 0 Å². The summed E-state index contributed by atoms with van der Waals surface area (Å²) in [4.78, 5) is 0. The highest BCUT2D eigenvalue weighted by Crippen LogP contribution is 2.23. The van der Waals surface area contributed by atoms with Crippen LogP contribution in [-0.2, 0) is 11.4 Å². The third kappa shape index (κ3) is 7.11. The molecule has 0 aliphatic rings. The lowest BCUT2D eigenvalue weighted by Crippen LogP contribution is -2.27. The van der Waals surface area contributed by atoms with Crippen LogP contribution in [0.25, 0.3) is 0 Å². The molecule has 0 bridgehead atoms. The van der Waals surface area contributed by atoms with E-state index in [1.165, 1.54) is 0 Å². The summed E-state index contributed by atoms with van der Waals surface area (Å²) in [5.41, 5.74) is 0.366. The van der Waals surface area contributed by atoms with Crippen LogP contribution in [0.1, 0.15) is 47.0 Å². The van der Waals surface area contributed by atoms with Crippen LogP contribution in [0.3, 0.4) is 0 Å². The molecule has 0 rings (SSSR count). The molecule has 0 N–H and O–H groups in total. The second kappa shape index (κ2) is 5.91. The summed E-state index contributed by atoms with van der Waals surface area (Å²) < 4.78 is 50.9. The van der Waals surface area contributed by atoms with E-state index in [1.807, 2.05) is 0 Å². The minimum Gasteiger partial charge on any atom is -0.591 e. The molecule has 0 radical (unpaired) electrons. The van der Waals surface area contributed by atoms with Gasteiger partial charge in [-0.1, -0.05) is 11.3 Å². The standard InChI is InChI=1S/C10H18F3NOS/c1-5-8(6-7-10(11,12)13)14-16(15)9(2,3)4/h5-7H2,1-4H3. The highest BCUT2D eigenvalue weighted by molar-refractivity contribution is 7.91. The number of alkyl halides is 3. The average molecular weight is 257 g/mol. The molecular weight excluding hydrogens is 239 g/mol. The smallest absolute Gasteiger partial charge is 0.389 e. The Bertz CT molecular complexity index is 245. The predicted molar refractivity (Wildman–Crippen MR) is 60.9 cm³/mol. The summed E-state index contributed by atoms with van der Waals surface area (Å²) in [6, 6.07) is 0. The second-order valence-corrected chi connectivity index (χ2v) is 6.39. The molecule has 0 aliphatic carbocycles. The van der Waals surface area contributed by atoms with Crippen molar-refractivity contribution < 1.29 is 17.7 Å². The molecule has 16 heavy (non-hydrogen) atoms. The Morgan fingerprint density at radius 2 is 1.75 bits per heavy atom.